The Bertz CT molecular complexity index is 585. The minimum absolute atomic E-state index is 0.863. The minimum atomic E-state index is 0.863. The van der Waals surface area contributed by atoms with Gasteiger partial charge < -0.3 is 14.6 Å². The van der Waals surface area contributed by atoms with Gasteiger partial charge in [0, 0.05) is 25.8 Å². The zero-order valence-corrected chi connectivity index (χ0v) is 13.2. The molecule has 0 atom stereocenters. The van der Waals surface area contributed by atoms with E-state index in [0.717, 1.165) is 43.6 Å². The van der Waals surface area contributed by atoms with E-state index in [1.165, 1.54) is 25.0 Å². The second-order valence-electron chi connectivity index (χ2n) is 5.93. The normalized spacial score (nSPS) is 15.3. The molecule has 1 N–H and O–H groups in total. The fourth-order valence-corrected chi connectivity index (χ4v) is 3.05. The quantitative estimate of drug-likeness (QED) is 0.849. The first-order valence-corrected chi connectivity index (χ1v) is 8.25. The monoisotopic (exact) mass is 286 g/mol. The van der Waals surface area contributed by atoms with Crippen LogP contribution in [0.2, 0.25) is 0 Å². The van der Waals surface area contributed by atoms with Crippen LogP contribution in [-0.4, -0.2) is 29.0 Å². The average Bonchev–Trinajstić information content (AvgIpc) is 2.83. The topological polar surface area (TPSA) is 32.6 Å². The first-order valence-electron chi connectivity index (χ1n) is 8.25. The van der Waals surface area contributed by atoms with E-state index in [4.69, 9.17) is 4.98 Å². The lowest BCUT2D eigenvalue weighted by Gasteiger charge is -2.32. The highest BCUT2D eigenvalue weighted by Crippen LogP contribution is 2.30. The van der Waals surface area contributed by atoms with Gasteiger partial charge in [-0.2, -0.15) is 0 Å². The van der Waals surface area contributed by atoms with Crippen LogP contribution in [0.4, 0.5) is 5.82 Å². The fourth-order valence-electron chi connectivity index (χ4n) is 3.05. The van der Waals surface area contributed by atoms with Crippen molar-refractivity contribution < 1.29 is 0 Å². The highest BCUT2D eigenvalue weighted by Gasteiger charge is 2.23. The molecule has 1 aliphatic rings. The minimum Gasteiger partial charge on any atom is -0.355 e. The highest BCUT2D eigenvalue weighted by atomic mass is 15.2. The molecule has 2 aromatic rings. The number of anilines is 1. The third-order valence-electron chi connectivity index (χ3n) is 4.53. The largest absolute Gasteiger partial charge is 0.355 e. The van der Waals surface area contributed by atoms with Crippen molar-refractivity contribution in [3.63, 3.8) is 0 Å². The van der Waals surface area contributed by atoms with Gasteiger partial charge in [-0.15, -0.1) is 0 Å². The molecule has 1 fully saturated rings. The van der Waals surface area contributed by atoms with Crippen molar-refractivity contribution in [2.24, 2.45) is 5.92 Å². The van der Waals surface area contributed by atoms with Gasteiger partial charge in [-0.05, 0) is 44.4 Å². The van der Waals surface area contributed by atoms with Crippen LogP contribution in [0.3, 0.4) is 0 Å². The molecule has 0 aromatic carbocycles. The van der Waals surface area contributed by atoms with E-state index in [1.807, 2.05) is 0 Å². The van der Waals surface area contributed by atoms with Crippen molar-refractivity contribution in [2.75, 3.05) is 24.5 Å². The molecule has 2 aromatic heterocycles. The van der Waals surface area contributed by atoms with E-state index in [-0.39, 0.29) is 0 Å². The third kappa shape index (κ3) is 2.91. The van der Waals surface area contributed by atoms with Crippen LogP contribution >= 0.6 is 0 Å². The zero-order valence-electron chi connectivity index (χ0n) is 13.2. The summed E-state index contributed by atoms with van der Waals surface area (Å²) < 4.78 is 2.22. The summed E-state index contributed by atoms with van der Waals surface area (Å²) in [6.45, 7) is 8.42. The summed E-state index contributed by atoms with van der Waals surface area (Å²) in [5.74, 6) is 2.03. The van der Waals surface area contributed by atoms with Crippen molar-refractivity contribution in [3.8, 4) is 0 Å². The van der Waals surface area contributed by atoms with Gasteiger partial charge in [0.05, 0.1) is 5.69 Å². The number of hydrogen-bond donors (Lipinski definition) is 1. The summed E-state index contributed by atoms with van der Waals surface area (Å²) in [7, 11) is 0. The van der Waals surface area contributed by atoms with Crippen LogP contribution in [0.15, 0.2) is 24.4 Å². The number of rotatable bonds is 7. The summed E-state index contributed by atoms with van der Waals surface area (Å²) in [5.41, 5.74) is 2.33. The highest BCUT2D eigenvalue weighted by molar-refractivity contribution is 5.56. The number of nitrogens with zero attached hydrogens (tertiary/aromatic N) is 3. The van der Waals surface area contributed by atoms with Crippen molar-refractivity contribution in [2.45, 2.75) is 39.7 Å². The van der Waals surface area contributed by atoms with Gasteiger partial charge in [0.15, 0.2) is 5.82 Å². The van der Waals surface area contributed by atoms with Crippen molar-refractivity contribution >= 4 is 11.5 Å². The molecule has 0 bridgehead atoms. The molecular weight excluding hydrogens is 260 g/mol. The molecule has 0 amide bonds. The Balaban J connectivity index is 1.93. The van der Waals surface area contributed by atoms with Gasteiger partial charge in [-0.25, -0.2) is 4.98 Å². The molecule has 0 spiro atoms. The van der Waals surface area contributed by atoms with Gasteiger partial charge >= 0.3 is 0 Å². The Morgan fingerprint density at radius 1 is 1.33 bits per heavy atom. The second kappa shape index (κ2) is 6.48. The molecule has 4 nitrogen and oxygen atoms in total. The number of hydrogen-bond acceptors (Lipinski definition) is 3. The molecule has 2 heterocycles. The smallest absolute Gasteiger partial charge is 0.152 e. The molecule has 21 heavy (non-hydrogen) atoms. The second-order valence-corrected chi connectivity index (χ2v) is 5.93. The molecule has 1 saturated carbocycles. The van der Waals surface area contributed by atoms with Crippen LogP contribution < -0.4 is 10.2 Å². The Kier molecular flexibility index (Phi) is 4.44. The van der Waals surface area contributed by atoms with Crippen LogP contribution in [0.25, 0.3) is 5.65 Å². The number of pyridine rings is 1. The average molecular weight is 286 g/mol. The van der Waals surface area contributed by atoms with E-state index < -0.39 is 0 Å². The van der Waals surface area contributed by atoms with E-state index >= 15 is 0 Å². The predicted molar refractivity (Wildman–Crippen MR) is 87.8 cm³/mol. The molecule has 0 unspecified atom stereocenters. The Hall–Kier alpha value is -1.55. The first-order chi connectivity index (χ1) is 10.3. The third-order valence-corrected chi connectivity index (χ3v) is 4.53. The predicted octanol–water partition coefficient (Wildman–Crippen LogP) is 3.07. The maximum Gasteiger partial charge on any atom is 0.152 e. The molecular formula is C17H26N4. The standard InChI is InChI=1S/C17H26N4/c1-3-18-12-15-17(19-16-10-5-6-11-21(15)16)20(4-2)13-14-8-7-9-14/h5-6,10-11,14,18H,3-4,7-9,12-13H2,1-2H3. The Morgan fingerprint density at radius 3 is 2.86 bits per heavy atom. The number of aromatic nitrogens is 2. The van der Waals surface area contributed by atoms with E-state index in [0.29, 0.717) is 0 Å². The van der Waals surface area contributed by atoms with Crippen LogP contribution in [0, 0.1) is 5.92 Å². The lowest BCUT2D eigenvalue weighted by atomic mass is 9.85. The van der Waals surface area contributed by atoms with Crippen molar-refractivity contribution in [1.29, 1.82) is 0 Å². The molecule has 0 radical (unpaired) electrons. The van der Waals surface area contributed by atoms with Gasteiger partial charge in [0.25, 0.3) is 0 Å². The first kappa shape index (κ1) is 14.4. The lowest BCUT2D eigenvalue weighted by molar-refractivity contribution is 0.318. The van der Waals surface area contributed by atoms with E-state index in [9.17, 15) is 0 Å². The van der Waals surface area contributed by atoms with Gasteiger partial charge in [0.2, 0.25) is 0 Å². The lowest BCUT2D eigenvalue weighted by Crippen LogP contribution is -2.33. The fraction of sp³-hybridized carbons (Fsp3) is 0.588. The van der Waals surface area contributed by atoms with Crippen LogP contribution in [0.1, 0.15) is 38.8 Å². The Morgan fingerprint density at radius 2 is 2.19 bits per heavy atom. The SMILES string of the molecule is CCNCc1c(N(CC)CC2CCC2)nc2ccccn12. The molecule has 114 valence electrons. The van der Waals surface area contributed by atoms with E-state index in [2.05, 4.69) is 52.9 Å². The Labute approximate surface area is 127 Å². The van der Waals surface area contributed by atoms with E-state index in [1.54, 1.807) is 0 Å². The summed E-state index contributed by atoms with van der Waals surface area (Å²) >= 11 is 0. The molecule has 1 aliphatic carbocycles. The summed E-state index contributed by atoms with van der Waals surface area (Å²) in [6.07, 6.45) is 6.28. The maximum absolute atomic E-state index is 4.90. The number of nitrogens with one attached hydrogen (secondary N) is 1. The van der Waals surface area contributed by atoms with Crippen molar-refractivity contribution in [3.05, 3.63) is 30.1 Å². The molecule has 4 heteroatoms. The number of fused-ring (bicyclic) bond motifs is 1. The molecule has 0 saturated heterocycles. The summed E-state index contributed by atoms with van der Waals surface area (Å²) in [5, 5.41) is 3.46. The van der Waals surface area contributed by atoms with Crippen LogP contribution in [0.5, 0.6) is 0 Å². The van der Waals surface area contributed by atoms with Crippen molar-refractivity contribution in [1.82, 2.24) is 14.7 Å². The van der Waals surface area contributed by atoms with Gasteiger partial charge in [-0.1, -0.05) is 19.4 Å². The van der Waals surface area contributed by atoms with Crippen LogP contribution in [-0.2, 0) is 6.54 Å². The summed E-state index contributed by atoms with van der Waals surface area (Å²) in [4.78, 5) is 7.36. The van der Waals surface area contributed by atoms with Gasteiger partial charge in [-0.3, -0.25) is 0 Å². The molecule has 0 aliphatic heterocycles. The van der Waals surface area contributed by atoms with Gasteiger partial charge in [0.1, 0.15) is 5.65 Å². The summed E-state index contributed by atoms with van der Waals surface area (Å²) in [6, 6.07) is 6.23. The zero-order chi connectivity index (χ0) is 14.7. The number of imidazole rings is 1. The maximum atomic E-state index is 4.90. The molecule has 3 rings (SSSR count).